The Morgan fingerprint density at radius 2 is 2.00 bits per heavy atom. The Hall–Kier alpha value is -2.69. The van der Waals surface area contributed by atoms with Crippen molar-refractivity contribution in [2.75, 3.05) is 19.0 Å². The quantitative estimate of drug-likeness (QED) is 0.712. The average Bonchev–Trinajstić information content (AvgIpc) is 2.49. The van der Waals surface area contributed by atoms with E-state index >= 15 is 0 Å². The molecule has 2 rings (SSSR count). The largest absolute Gasteiger partial charge is 0.507 e. The number of para-hydroxylation sites is 1. The van der Waals surface area contributed by atoms with Gasteiger partial charge in [0.05, 0.1) is 7.11 Å². The number of ether oxygens (including phenoxy) is 1. The maximum Gasteiger partial charge on any atom is 0.339 e. The molecule has 0 unspecified atom stereocenters. The van der Waals surface area contributed by atoms with Gasteiger partial charge in [0, 0.05) is 12.2 Å². The van der Waals surface area contributed by atoms with Crippen LogP contribution >= 0.6 is 0 Å². The number of carboxylic acids is 1. The average molecular weight is 287 g/mol. The van der Waals surface area contributed by atoms with E-state index in [1.165, 1.54) is 12.1 Å². The Kier molecular flexibility index (Phi) is 4.66. The van der Waals surface area contributed by atoms with E-state index in [2.05, 4.69) is 5.32 Å². The summed E-state index contributed by atoms with van der Waals surface area (Å²) >= 11 is 0. The molecule has 5 heteroatoms. The summed E-state index contributed by atoms with van der Waals surface area (Å²) in [4.78, 5) is 10.9. The van der Waals surface area contributed by atoms with Gasteiger partial charge < -0.3 is 20.3 Å². The monoisotopic (exact) mass is 287 g/mol. The molecule has 2 aromatic rings. The minimum absolute atomic E-state index is 0.114. The van der Waals surface area contributed by atoms with Crippen molar-refractivity contribution < 1.29 is 19.7 Å². The van der Waals surface area contributed by atoms with E-state index in [0.29, 0.717) is 12.2 Å². The van der Waals surface area contributed by atoms with Gasteiger partial charge in [0.15, 0.2) is 0 Å². The van der Waals surface area contributed by atoms with Gasteiger partial charge in [0.2, 0.25) is 0 Å². The Morgan fingerprint density at radius 3 is 2.71 bits per heavy atom. The summed E-state index contributed by atoms with van der Waals surface area (Å²) in [6.07, 6.45) is 0.743. The third-order valence-corrected chi connectivity index (χ3v) is 3.14. The first-order valence-corrected chi connectivity index (χ1v) is 6.54. The highest BCUT2D eigenvalue weighted by Gasteiger charge is 2.10. The molecule has 0 spiro atoms. The van der Waals surface area contributed by atoms with Crippen LogP contribution in [0.5, 0.6) is 11.5 Å². The molecule has 0 saturated carbocycles. The number of carbonyl (C=O) groups is 1. The summed E-state index contributed by atoms with van der Waals surface area (Å²) in [7, 11) is 1.63. The topological polar surface area (TPSA) is 78.8 Å². The lowest BCUT2D eigenvalue weighted by molar-refractivity contribution is 0.0694. The first kappa shape index (κ1) is 14.7. The number of aromatic carboxylic acids is 1. The summed E-state index contributed by atoms with van der Waals surface area (Å²) in [6, 6.07) is 12.2. The lowest BCUT2D eigenvalue weighted by atomic mass is 10.1. The van der Waals surface area contributed by atoms with Crippen LogP contribution in [0.25, 0.3) is 0 Å². The predicted octanol–water partition coefficient (Wildman–Crippen LogP) is 2.75. The predicted molar refractivity (Wildman–Crippen MR) is 80.3 cm³/mol. The molecule has 0 amide bonds. The minimum Gasteiger partial charge on any atom is -0.507 e. The van der Waals surface area contributed by atoms with Crippen molar-refractivity contribution in [3.63, 3.8) is 0 Å². The fraction of sp³-hybridized carbons (Fsp3) is 0.188. The van der Waals surface area contributed by atoms with Gasteiger partial charge >= 0.3 is 5.97 Å². The molecule has 0 aromatic heterocycles. The Bertz CT molecular complexity index is 640. The molecule has 5 nitrogen and oxygen atoms in total. The van der Waals surface area contributed by atoms with Gasteiger partial charge in [-0.2, -0.15) is 0 Å². The summed E-state index contributed by atoms with van der Waals surface area (Å²) in [5, 5.41) is 21.5. The summed E-state index contributed by atoms with van der Waals surface area (Å²) in [5.74, 6) is -0.560. The van der Waals surface area contributed by atoms with Gasteiger partial charge in [-0.05, 0) is 36.2 Å². The molecule has 110 valence electrons. The number of phenols is 1. The molecule has 0 aliphatic carbocycles. The zero-order valence-electron chi connectivity index (χ0n) is 11.7. The van der Waals surface area contributed by atoms with Crippen molar-refractivity contribution >= 4 is 11.7 Å². The number of aromatic hydroxyl groups is 1. The third-order valence-electron chi connectivity index (χ3n) is 3.14. The molecule has 0 atom stereocenters. The highest BCUT2D eigenvalue weighted by molar-refractivity contribution is 5.91. The molecule has 2 aromatic carbocycles. The van der Waals surface area contributed by atoms with Gasteiger partial charge in [-0.3, -0.25) is 0 Å². The van der Waals surface area contributed by atoms with E-state index in [-0.39, 0.29) is 11.3 Å². The number of rotatable bonds is 6. The van der Waals surface area contributed by atoms with E-state index in [4.69, 9.17) is 9.84 Å². The zero-order chi connectivity index (χ0) is 15.2. The van der Waals surface area contributed by atoms with E-state index in [1.807, 2.05) is 24.3 Å². The summed E-state index contributed by atoms with van der Waals surface area (Å²) in [6.45, 7) is 0.629. The number of carboxylic acid groups (broad SMARTS) is 1. The van der Waals surface area contributed by atoms with Crippen molar-refractivity contribution in [2.45, 2.75) is 6.42 Å². The normalized spacial score (nSPS) is 10.1. The second kappa shape index (κ2) is 6.65. The number of methoxy groups -OCH3 is 1. The van der Waals surface area contributed by atoms with Gasteiger partial charge in [-0.15, -0.1) is 0 Å². The second-order valence-electron chi connectivity index (χ2n) is 4.53. The maximum absolute atomic E-state index is 10.9. The summed E-state index contributed by atoms with van der Waals surface area (Å²) < 4.78 is 5.28. The Balaban J connectivity index is 2.00. The van der Waals surface area contributed by atoms with E-state index in [1.54, 1.807) is 13.2 Å². The van der Waals surface area contributed by atoms with Crippen LogP contribution in [-0.4, -0.2) is 29.8 Å². The molecular formula is C16H17NO4. The van der Waals surface area contributed by atoms with Crippen LogP contribution in [0.4, 0.5) is 5.69 Å². The standard InChI is InChI=1S/C16H17NO4/c1-21-15-5-3-2-4-11(15)8-9-17-12-6-7-14(18)13(10-12)16(19)20/h2-7,10,17-18H,8-9H2,1H3,(H,19,20). The van der Waals surface area contributed by atoms with Crippen molar-refractivity contribution in [3.8, 4) is 11.5 Å². The van der Waals surface area contributed by atoms with Gasteiger partial charge in [-0.1, -0.05) is 18.2 Å². The van der Waals surface area contributed by atoms with E-state index in [0.717, 1.165) is 17.7 Å². The Labute approximate surface area is 122 Å². The molecule has 0 bridgehead atoms. The molecule has 3 N–H and O–H groups in total. The van der Waals surface area contributed by atoms with Crippen molar-refractivity contribution in [3.05, 3.63) is 53.6 Å². The van der Waals surface area contributed by atoms with Crippen molar-refractivity contribution in [2.24, 2.45) is 0 Å². The van der Waals surface area contributed by atoms with Crippen LogP contribution in [0.15, 0.2) is 42.5 Å². The second-order valence-corrected chi connectivity index (χ2v) is 4.53. The van der Waals surface area contributed by atoms with Crippen molar-refractivity contribution in [1.29, 1.82) is 0 Å². The number of hydrogen-bond donors (Lipinski definition) is 3. The van der Waals surface area contributed by atoms with Gasteiger partial charge in [-0.25, -0.2) is 4.79 Å². The fourth-order valence-electron chi connectivity index (χ4n) is 2.07. The molecule has 0 aliphatic rings. The fourth-order valence-corrected chi connectivity index (χ4v) is 2.07. The molecule has 0 heterocycles. The number of hydrogen-bond acceptors (Lipinski definition) is 4. The highest BCUT2D eigenvalue weighted by atomic mass is 16.5. The molecular weight excluding hydrogens is 270 g/mol. The van der Waals surface area contributed by atoms with Crippen LogP contribution in [0.3, 0.4) is 0 Å². The number of nitrogens with one attached hydrogen (secondary N) is 1. The lowest BCUT2D eigenvalue weighted by Crippen LogP contribution is -2.07. The van der Waals surface area contributed by atoms with E-state index in [9.17, 15) is 9.90 Å². The van der Waals surface area contributed by atoms with Crippen LogP contribution < -0.4 is 10.1 Å². The van der Waals surface area contributed by atoms with Gasteiger partial charge in [0.1, 0.15) is 17.1 Å². The first-order chi connectivity index (χ1) is 10.1. The van der Waals surface area contributed by atoms with E-state index < -0.39 is 5.97 Å². The molecule has 0 radical (unpaired) electrons. The smallest absolute Gasteiger partial charge is 0.339 e. The molecule has 21 heavy (non-hydrogen) atoms. The first-order valence-electron chi connectivity index (χ1n) is 6.54. The maximum atomic E-state index is 10.9. The third kappa shape index (κ3) is 3.66. The van der Waals surface area contributed by atoms with Crippen LogP contribution in [-0.2, 0) is 6.42 Å². The van der Waals surface area contributed by atoms with Crippen LogP contribution in [0, 0.1) is 0 Å². The lowest BCUT2D eigenvalue weighted by Gasteiger charge is -2.10. The van der Waals surface area contributed by atoms with Crippen LogP contribution in [0.2, 0.25) is 0 Å². The van der Waals surface area contributed by atoms with Gasteiger partial charge in [0.25, 0.3) is 0 Å². The Morgan fingerprint density at radius 1 is 1.24 bits per heavy atom. The molecule has 0 saturated heterocycles. The minimum atomic E-state index is -1.15. The van der Waals surface area contributed by atoms with Crippen molar-refractivity contribution in [1.82, 2.24) is 0 Å². The summed E-state index contributed by atoms with van der Waals surface area (Å²) in [5.41, 5.74) is 1.61. The highest BCUT2D eigenvalue weighted by Crippen LogP contribution is 2.22. The molecule has 0 aliphatic heterocycles. The number of anilines is 1. The van der Waals surface area contributed by atoms with Crippen LogP contribution in [0.1, 0.15) is 15.9 Å². The SMILES string of the molecule is COc1ccccc1CCNc1ccc(O)c(C(=O)O)c1. The zero-order valence-corrected chi connectivity index (χ0v) is 11.7. The molecule has 0 fully saturated rings. The number of benzene rings is 2.